The van der Waals surface area contributed by atoms with Crippen molar-refractivity contribution >= 4 is 11.9 Å². The van der Waals surface area contributed by atoms with Gasteiger partial charge in [-0.25, -0.2) is 0 Å². The Hall–Kier alpha value is -2.88. The Kier molecular flexibility index (Phi) is 5.66. The minimum Gasteiger partial charge on any atom is -0.430 e. The highest BCUT2D eigenvalue weighted by Gasteiger charge is 2.46. The van der Waals surface area contributed by atoms with Crippen molar-refractivity contribution in [3.05, 3.63) is 84.4 Å². The van der Waals surface area contributed by atoms with Crippen molar-refractivity contribution in [2.45, 2.75) is 26.5 Å². The number of carbonyl (C=O) groups is 2. The average Bonchev–Trinajstić information content (AvgIpc) is 2.65. The van der Waals surface area contributed by atoms with Crippen LogP contribution in [0.25, 0.3) is 0 Å². The summed E-state index contributed by atoms with van der Waals surface area (Å²) in [5.41, 5.74) is -0.756. The molecule has 0 saturated carbocycles. The van der Waals surface area contributed by atoms with Crippen molar-refractivity contribution in [1.82, 2.24) is 4.90 Å². The van der Waals surface area contributed by atoms with Crippen molar-refractivity contribution in [3.8, 4) is 0 Å². The molecular formula is C22H25NO3. The molecule has 4 nitrogen and oxygen atoms in total. The number of ether oxygens (including phenoxy) is 1. The minimum atomic E-state index is -1.39. The van der Waals surface area contributed by atoms with Gasteiger partial charge in [0.1, 0.15) is 0 Å². The van der Waals surface area contributed by atoms with Gasteiger partial charge in [0.15, 0.2) is 0 Å². The fourth-order valence-corrected chi connectivity index (χ4v) is 2.65. The number of amides is 1. The monoisotopic (exact) mass is 351 g/mol. The second-order valence-corrected chi connectivity index (χ2v) is 7.12. The SMILES string of the molecule is C=CC(=O)N(C)C(OC(=O)C(C)(C)C)(c1ccccc1)c1ccccc1. The quantitative estimate of drug-likeness (QED) is 0.462. The van der Waals surface area contributed by atoms with Gasteiger partial charge < -0.3 is 4.74 Å². The molecular weight excluding hydrogens is 326 g/mol. The summed E-state index contributed by atoms with van der Waals surface area (Å²) >= 11 is 0. The van der Waals surface area contributed by atoms with Crippen molar-refractivity contribution in [2.24, 2.45) is 5.41 Å². The van der Waals surface area contributed by atoms with E-state index < -0.39 is 17.1 Å². The zero-order valence-electron chi connectivity index (χ0n) is 15.7. The second kappa shape index (κ2) is 7.56. The summed E-state index contributed by atoms with van der Waals surface area (Å²) in [5.74, 6) is -0.756. The number of likely N-dealkylation sites (N-methyl/N-ethyl adjacent to an activating group) is 1. The smallest absolute Gasteiger partial charge is 0.313 e. The largest absolute Gasteiger partial charge is 0.430 e. The highest BCUT2D eigenvalue weighted by Crippen LogP contribution is 2.38. The Balaban J connectivity index is 2.77. The predicted molar refractivity (Wildman–Crippen MR) is 102 cm³/mol. The number of esters is 1. The maximum atomic E-state index is 12.9. The molecule has 4 heteroatoms. The van der Waals surface area contributed by atoms with Gasteiger partial charge in [0.25, 0.3) is 0 Å². The minimum absolute atomic E-state index is 0.348. The van der Waals surface area contributed by atoms with Gasteiger partial charge in [-0.3, -0.25) is 14.5 Å². The van der Waals surface area contributed by atoms with E-state index in [0.29, 0.717) is 11.1 Å². The van der Waals surface area contributed by atoms with E-state index in [1.807, 2.05) is 60.7 Å². The molecule has 0 fully saturated rings. The summed E-state index contributed by atoms with van der Waals surface area (Å²) < 4.78 is 6.08. The Morgan fingerprint density at radius 3 is 1.69 bits per heavy atom. The van der Waals surface area contributed by atoms with Crippen molar-refractivity contribution in [1.29, 1.82) is 0 Å². The van der Waals surface area contributed by atoms with Crippen LogP contribution in [0.15, 0.2) is 73.3 Å². The third-order valence-electron chi connectivity index (χ3n) is 4.16. The highest BCUT2D eigenvalue weighted by atomic mass is 16.6. The van der Waals surface area contributed by atoms with Gasteiger partial charge in [-0.05, 0) is 26.8 Å². The Bertz CT molecular complexity index is 737. The van der Waals surface area contributed by atoms with Crippen LogP contribution in [0.2, 0.25) is 0 Å². The molecule has 0 atom stereocenters. The van der Waals surface area contributed by atoms with E-state index >= 15 is 0 Å². The molecule has 0 bridgehead atoms. The predicted octanol–water partition coefficient (Wildman–Crippen LogP) is 4.12. The van der Waals surface area contributed by atoms with Gasteiger partial charge in [-0.15, -0.1) is 0 Å². The van der Waals surface area contributed by atoms with Crippen LogP contribution in [-0.2, 0) is 20.1 Å². The van der Waals surface area contributed by atoms with Crippen LogP contribution in [0.3, 0.4) is 0 Å². The fraction of sp³-hybridized carbons (Fsp3) is 0.273. The molecule has 2 rings (SSSR count). The molecule has 0 heterocycles. The van der Waals surface area contributed by atoms with E-state index in [-0.39, 0.29) is 5.91 Å². The van der Waals surface area contributed by atoms with Crippen molar-refractivity contribution < 1.29 is 14.3 Å². The standard InChI is InChI=1S/C22H25NO3/c1-6-19(24)23(5)22(17-13-9-7-10-14-17,18-15-11-8-12-16-18)26-20(25)21(2,3)4/h6-16H,1H2,2-5H3. The number of rotatable bonds is 5. The lowest BCUT2D eigenvalue weighted by Gasteiger charge is -2.42. The van der Waals surface area contributed by atoms with Crippen LogP contribution in [0.4, 0.5) is 0 Å². The molecule has 1 amide bonds. The molecule has 2 aromatic rings. The van der Waals surface area contributed by atoms with Gasteiger partial charge in [-0.1, -0.05) is 67.2 Å². The van der Waals surface area contributed by atoms with Crippen LogP contribution < -0.4 is 0 Å². The van der Waals surface area contributed by atoms with Gasteiger partial charge >= 0.3 is 5.97 Å². The maximum absolute atomic E-state index is 12.9. The molecule has 0 aromatic heterocycles. The van der Waals surface area contributed by atoms with E-state index in [1.54, 1.807) is 27.8 Å². The summed E-state index contributed by atoms with van der Waals surface area (Å²) in [5, 5.41) is 0. The molecule has 0 aliphatic carbocycles. The zero-order chi connectivity index (χ0) is 19.4. The van der Waals surface area contributed by atoms with E-state index in [9.17, 15) is 9.59 Å². The van der Waals surface area contributed by atoms with E-state index in [0.717, 1.165) is 0 Å². The number of benzene rings is 2. The van der Waals surface area contributed by atoms with Crippen LogP contribution >= 0.6 is 0 Å². The van der Waals surface area contributed by atoms with E-state index in [1.165, 1.54) is 11.0 Å². The van der Waals surface area contributed by atoms with Crippen LogP contribution in [0, 0.1) is 5.41 Å². The van der Waals surface area contributed by atoms with Crippen LogP contribution in [-0.4, -0.2) is 23.8 Å². The van der Waals surface area contributed by atoms with Gasteiger partial charge in [0.05, 0.1) is 5.41 Å². The zero-order valence-corrected chi connectivity index (χ0v) is 15.7. The third kappa shape index (κ3) is 3.69. The second-order valence-electron chi connectivity index (χ2n) is 7.12. The molecule has 136 valence electrons. The van der Waals surface area contributed by atoms with E-state index in [4.69, 9.17) is 4.74 Å². The number of carbonyl (C=O) groups excluding carboxylic acids is 2. The molecule has 0 spiro atoms. The first-order chi connectivity index (χ1) is 12.2. The first-order valence-electron chi connectivity index (χ1n) is 8.48. The summed E-state index contributed by atoms with van der Waals surface area (Å²) in [6.07, 6.45) is 1.21. The lowest BCUT2D eigenvalue weighted by atomic mass is 9.91. The molecule has 0 saturated heterocycles. The lowest BCUT2D eigenvalue weighted by Crippen LogP contribution is -2.52. The molecule has 26 heavy (non-hydrogen) atoms. The molecule has 0 aliphatic heterocycles. The molecule has 0 radical (unpaired) electrons. The first-order valence-corrected chi connectivity index (χ1v) is 8.48. The number of nitrogens with zero attached hydrogens (tertiary/aromatic N) is 1. The van der Waals surface area contributed by atoms with Crippen LogP contribution in [0.1, 0.15) is 31.9 Å². The third-order valence-corrected chi connectivity index (χ3v) is 4.16. The maximum Gasteiger partial charge on any atom is 0.313 e. The molecule has 0 aliphatic rings. The molecule has 0 N–H and O–H groups in total. The summed E-state index contributed by atoms with van der Waals surface area (Å²) in [6, 6.07) is 18.5. The van der Waals surface area contributed by atoms with Crippen molar-refractivity contribution in [2.75, 3.05) is 7.05 Å². The normalized spacial score (nSPS) is 11.5. The number of hydrogen-bond donors (Lipinski definition) is 0. The van der Waals surface area contributed by atoms with Gasteiger partial charge in [0, 0.05) is 18.2 Å². The Morgan fingerprint density at radius 1 is 0.923 bits per heavy atom. The first kappa shape index (κ1) is 19.4. The van der Waals surface area contributed by atoms with Crippen molar-refractivity contribution in [3.63, 3.8) is 0 Å². The average molecular weight is 351 g/mol. The summed E-state index contributed by atoms with van der Waals surface area (Å²) in [6.45, 7) is 8.93. The molecule has 0 unspecified atom stereocenters. The highest BCUT2D eigenvalue weighted by molar-refractivity contribution is 5.88. The Labute approximate surface area is 155 Å². The summed E-state index contributed by atoms with van der Waals surface area (Å²) in [4.78, 5) is 26.8. The number of hydrogen-bond acceptors (Lipinski definition) is 3. The summed E-state index contributed by atoms with van der Waals surface area (Å²) in [7, 11) is 1.61. The van der Waals surface area contributed by atoms with Gasteiger partial charge in [0.2, 0.25) is 11.6 Å². The topological polar surface area (TPSA) is 46.6 Å². The fourth-order valence-electron chi connectivity index (χ4n) is 2.65. The van der Waals surface area contributed by atoms with Gasteiger partial charge in [-0.2, -0.15) is 0 Å². The lowest BCUT2D eigenvalue weighted by molar-refractivity contribution is -0.187. The van der Waals surface area contributed by atoms with E-state index in [2.05, 4.69) is 6.58 Å². The Morgan fingerprint density at radius 2 is 1.35 bits per heavy atom. The molecule has 2 aromatic carbocycles. The van der Waals surface area contributed by atoms with Crippen LogP contribution in [0.5, 0.6) is 0 Å².